The highest BCUT2D eigenvalue weighted by Gasteiger charge is 2.48. The van der Waals surface area contributed by atoms with Crippen molar-refractivity contribution >= 4 is 14.2 Å². The van der Waals surface area contributed by atoms with E-state index in [4.69, 9.17) is 14.2 Å². The normalized spacial score (nSPS) is 17.5. The second kappa shape index (κ2) is 13.4. The number of allylic oxidation sites excluding steroid dienone is 2. The first-order valence-corrected chi connectivity index (χ1v) is 16.3. The molecule has 0 aliphatic carbocycles. The fourth-order valence-electron chi connectivity index (χ4n) is 5.93. The lowest BCUT2D eigenvalue weighted by molar-refractivity contribution is 0.164. The number of hydrogen-bond donors (Lipinski definition) is 0. The summed E-state index contributed by atoms with van der Waals surface area (Å²) in [5, 5.41) is 0. The lowest BCUT2D eigenvalue weighted by Crippen LogP contribution is -2.49. The summed E-state index contributed by atoms with van der Waals surface area (Å²) in [4.78, 5) is 7.68. The molecule has 0 saturated heterocycles. The van der Waals surface area contributed by atoms with Gasteiger partial charge in [-0.1, -0.05) is 116 Å². The van der Waals surface area contributed by atoms with E-state index in [1.807, 2.05) is 0 Å². The Hall–Kier alpha value is -2.63. The van der Waals surface area contributed by atoms with Gasteiger partial charge in [0.15, 0.2) is 0 Å². The summed E-state index contributed by atoms with van der Waals surface area (Å²) >= 11 is 0. The van der Waals surface area contributed by atoms with Crippen molar-refractivity contribution in [3.05, 3.63) is 95.9 Å². The third kappa shape index (κ3) is 6.49. The summed E-state index contributed by atoms with van der Waals surface area (Å²) in [6, 6.07) is 21.1. The third-order valence-electron chi connectivity index (χ3n) is 7.84. The molecule has 3 rings (SSSR count). The molecule has 206 valence electrons. The Labute approximate surface area is 232 Å². The minimum Gasteiger partial charge on any atom is -0.544 e. The third-order valence-corrected chi connectivity index (χ3v) is 13.8. The summed E-state index contributed by atoms with van der Waals surface area (Å²) in [6.45, 7) is 19.0. The second-order valence-electron chi connectivity index (χ2n) is 11.6. The van der Waals surface area contributed by atoms with Crippen molar-refractivity contribution in [3.8, 4) is 0 Å². The fourth-order valence-corrected chi connectivity index (χ4v) is 11.2. The van der Waals surface area contributed by atoms with E-state index in [1.54, 1.807) is 7.11 Å². The van der Waals surface area contributed by atoms with Crippen LogP contribution in [0.4, 0.5) is 0 Å². The molecule has 2 aromatic rings. The van der Waals surface area contributed by atoms with Crippen LogP contribution in [0.2, 0.25) is 16.6 Å². The van der Waals surface area contributed by atoms with Crippen LogP contribution in [0.3, 0.4) is 0 Å². The lowest BCUT2D eigenvalue weighted by atomic mass is 9.99. The number of methoxy groups -OCH3 is 1. The molecule has 0 aromatic heterocycles. The van der Waals surface area contributed by atoms with E-state index in [-0.39, 0.29) is 12.1 Å². The molecule has 0 fully saturated rings. The number of nitrogens with zero attached hydrogens (tertiary/aromatic N) is 2. The maximum absolute atomic E-state index is 7.37. The van der Waals surface area contributed by atoms with Crippen LogP contribution in [0.1, 0.15) is 72.6 Å². The molecule has 1 aliphatic heterocycles. The lowest BCUT2D eigenvalue weighted by Gasteiger charge is -2.46. The zero-order chi connectivity index (χ0) is 27.9. The van der Waals surface area contributed by atoms with Gasteiger partial charge in [-0.05, 0) is 40.3 Å². The molecular weight excluding hydrogens is 484 g/mol. The van der Waals surface area contributed by atoms with Gasteiger partial charge in [-0.15, -0.1) is 0 Å². The first kappa shape index (κ1) is 29.9. The maximum Gasteiger partial charge on any atom is 0.258 e. The number of amidine groups is 1. The molecule has 2 aromatic carbocycles. The molecular formula is C33H48N2O2Si. The van der Waals surface area contributed by atoms with Crippen molar-refractivity contribution in [2.24, 2.45) is 10.9 Å². The largest absolute Gasteiger partial charge is 0.544 e. The topological polar surface area (TPSA) is 34.1 Å². The Bertz CT molecular complexity index is 1070. The number of benzene rings is 2. The molecule has 1 heterocycles. The highest BCUT2D eigenvalue weighted by molar-refractivity contribution is 6.77. The van der Waals surface area contributed by atoms with Crippen molar-refractivity contribution < 1.29 is 9.16 Å². The Kier molecular flexibility index (Phi) is 10.6. The molecule has 0 bridgehead atoms. The van der Waals surface area contributed by atoms with Gasteiger partial charge in [0.1, 0.15) is 17.6 Å². The number of ether oxygens (including phenoxy) is 1. The van der Waals surface area contributed by atoms with E-state index in [0.717, 1.165) is 17.2 Å². The first-order valence-electron chi connectivity index (χ1n) is 14.2. The molecule has 5 heteroatoms. The summed E-state index contributed by atoms with van der Waals surface area (Å²) in [7, 11) is -0.431. The highest BCUT2D eigenvalue weighted by Crippen LogP contribution is 2.46. The second-order valence-corrected chi connectivity index (χ2v) is 17.0. The number of rotatable bonds is 11. The molecule has 0 unspecified atom stereocenters. The van der Waals surface area contributed by atoms with Gasteiger partial charge in [0, 0.05) is 18.9 Å². The van der Waals surface area contributed by atoms with E-state index < -0.39 is 8.32 Å². The van der Waals surface area contributed by atoms with Crippen LogP contribution in [0.5, 0.6) is 0 Å². The van der Waals surface area contributed by atoms with Crippen molar-refractivity contribution in [3.63, 3.8) is 0 Å². The Morgan fingerprint density at radius 2 is 1.39 bits per heavy atom. The van der Waals surface area contributed by atoms with E-state index in [1.165, 1.54) is 5.56 Å². The van der Waals surface area contributed by atoms with Gasteiger partial charge >= 0.3 is 0 Å². The van der Waals surface area contributed by atoms with Crippen LogP contribution < -0.4 is 0 Å². The minimum absolute atomic E-state index is 0.0331. The van der Waals surface area contributed by atoms with E-state index in [2.05, 4.69) is 139 Å². The van der Waals surface area contributed by atoms with Crippen LogP contribution in [-0.2, 0) is 9.16 Å². The van der Waals surface area contributed by atoms with Crippen LogP contribution in [-0.4, -0.2) is 38.8 Å². The molecule has 0 amide bonds. The average Bonchev–Trinajstić information content (AvgIpc) is 2.89. The summed E-state index contributed by atoms with van der Waals surface area (Å²) in [5.41, 5.74) is 3.72. The van der Waals surface area contributed by atoms with Gasteiger partial charge < -0.3 is 14.1 Å². The van der Waals surface area contributed by atoms with Gasteiger partial charge in [-0.3, -0.25) is 4.99 Å². The summed E-state index contributed by atoms with van der Waals surface area (Å²) in [6.07, 6.45) is 6.46. The van der Waals surface area contributed by atoms with Gasteiger partial charge in [-0.25, -0.2) is 0 Å². The number of aliphatic imine (C=N–C) groups is 1. The van der Waals surface area contributed by atoms with Crippen LogP contribution in [0.25, 0.3) is 0 Å². The van der Waals surface area contributed by atoms with Crippen LogP contribution in [0.15, 0.2) is 89.8 Å². The predicted molar refractivity (Wildman–Crippen MR) is 164 cm³/mol. The van der Waals surface area contributed by atoms with Gasteiger partial charge in [0.2, 0.25) is 0 Å². The SMILES string of the molecule is COC[C@@H](N=C(c1ccccc1)N1C=CC=C(O[Si](C(C)C)(C(C)C)C(C)C)[C@H]1c1ccccc1)C(C)C. The standard InChI is InChI=1S/C33H48N2O2Si/c1-24(2)30(23-36-9)34-33(29-19-14-11-15-20-29)35-22-16-21-31(32(35)28-17-12-10-13-18-28)37-38(25(3)4,26(5)6)27(7)8/h10-22,24-27,30,32H,23H2,1-9H3/t30-,32-/m1/s1. The molecule has 0 radical (unpaired) electrons. The smallest absolute Gasteiger partial charge is 0.258 e. The van der Waals surface area contributed by atoms with Crippen molar-refractivity contribution in [2.75, 3.05) is 13.7 Å². The Balaban J connectivity index is 2.21. The molecule has 0 saturated carbocycles. The summed E-state index contributed by atoms with van der Waals surface area (Å²) < 4.78 is 13.0. The predicted octanol–water partition coefficient (Wildman–Crippen LogP) is 8.75. The van der Waals surface area contributed by atoms with Crippen LogP contribution >= 0.6 is 0 Å². The minimum atomic E-state index is -2.18. The van der Waals surface area contributed by atoms with Crippen molar-refractivity contribution in [1.29, 1.82) is 0 Å². The zero-order valence-electron chi connectivity index (χ0n) is 24.9. The van der Waals surface area contributed by atoms with Gasteiger partial charge in [-0.2, -0.15) is 0 Å². The van der Waals surface area contributed by atoms with E-state index in [9.17, 15) is 0 Å². The maximum atomic E-state index is 7.37. The number of hydrogen-bond acceptors (Lipinski definition) is 3. The van der Waals surface area contributed by atoms with Gasteiger partial charge in [0.25, 0.3) is 8.32 Å². The molecule has 4 nitrogen and oxygen atoms in total. The molecule has 0 spiro atoms. The quantitative estimate of drug-likeness (QED) is 0.165. The molecule has 1 aliphatic rings. The van der Waals surface area contributed by atoms with E-state index >= 15 is 0 Å². The zero-order valence-corrected chi connectivity index (χ0v) is 25.9. The van der Waals surface area contributed by atoms with Crippen molar-refractivity contribution in [1.82, 2.24) is 4.90 Å². The van der Waals surface area contributed by atoms with Crippen LogP contribution in [0, 0.1) is 5.92 Å². The molecule has 0 N–H and O–H groups in total. The highest BCUT2D eigenvalue weighted by atomic mass is 28.4. The van der Waals surface area contributed by atoms with E-state index in [0.29, 0.717) is 29.1 Å². The Morgan fingerprint density at radius 3 is 1.89 bits per heavy atom. The summed E-state index contributed by atoms with van der Waals surface area (Å²) in [5.74, 6) is 2.29. The van der Waals surface area contributed by atoms with Crippen molar-refractivity contribution in [2.45, 2.75) is 84.1 Å². The first-order chi connectivity index (χ1) is 18.1. The fraction of sp³-hybridized carbons (Fsp3) is 0.485. The van der Waals surface area contributed by atoms with Gasteiger partial charge in [0.05, 0.1) is 12.6 Å². The monoisotopic (exact) mass is 532 g/mol. The molecule has 2 atom stereocenters. The average molecular weight is 533 g/mol. The molecule has 38 heavy (non-hydrogen) atoms. The Morgan fingerprint density at radius 1 is 0.842 bits per heavy atom.